The van der Waals surface area contributed by atoms with E-state index in [4.69, 9.17) is 11.6 Å². The van der Waals surface area contributed by atoms with Crippen molar-refractivity contribution in [1.82, 2.24) is 0 Å². The van der Waals surface area contributed by atoms with Gasteiger partial charge in [0, 0.05) is 6.42 Å². The minimum atomic E-state index is -4.33. The van der Waals surface area contributed by atoms with E-state index in [0.717, 1.165) is 0 Å². The number of halogens is 4. The average Bonchev–Trinajstić information content (AvgIpc) is 1.96. The predicted octanol–water partition coefficient (Wildman–Crippen LogP) is 1.76. The lowest BCUT2D eigenvalue weighted by molar-refractivity contribution is -0.174. The number of hydrogen-bond acceptors (Lipinski definition) is 2. The first kappa shape index (κ1) is 11.7. The molecule has 2 nitrogen and oxygen atoms in total. The summed E-state index contributed by atoms with van der Waals surface area (Å²) in [6.07, 6.45) is -4.40. The SMILES string of the molecule is O=C(CCl)CCOCC(F)(F)F. The Morgan fingerprint density at radius 1 is 1.42 bits per heavy atom. The quantitative estimate of drug-likeness (QED) is 0.504. The van der Waals surface area contributed by atoms with Gasteiger partial charge < -0.3 is 4.74 Å². The molecule has 12 heavy (non-hydrogen) atoms. The Kier molecular flexibility index (Phi) is 5.24. The van der Waals surface area contributed by atoms with Gasteiger partial charge in [-0.3, -0.25) is 4.79 Å². The van der Waals surface area contributed by atoms with Crippen molar-refractivity contribution in [3.63, 3.8) is 0 Å². The highest BCUT2D eigenvalue weighted by Crippen LogP contribution is 2.14. The lowest BCUT2D eigenvalue weighted by Gasteiger charge is -2.05. The fraction of sp³-hybridized carbons (Fsp3) is 0.833. The number of carbonyl (C=O) groups excluding carboxylic acids is 1. The van der Waals surface area contributed by atoms with Crippen LogP contribution in [0.15, 0.2) is 0 Å². The molecule has 6 heteroatoms. The molecule has 0 bridgehead atoms. The second-order valence-electron chi connectivity index (χ2n) is 2.09. The van der Waals surface area contributed by atoms with Crippen molar-refractivity contribution in [2.45, 2.75) is 12.6 Å². The maximum atomic E-state index is 11.4. The van der Waals surface area contributed by atoms with Crippen LogP contribution in [0.2, 0.25) is 0 Å². The van der Waals surface area contributed by atoms with Crippen LogP contribution in [0.25, 0.3) is 0 Å². The summed E-state index contributed by atoms with van der Waals surface area (Å²) >= 11 is 5.09. The van der Waals surface area contributed by atoms with Crippen molar-refractivity contribution in [2.75, 3.05) is 19.1 Å². The minimum Gasteiger partial charge on any atom is -0.372 e. The molecule has 0 spiro atoms. The van der Waals surface area contributed by atoms with Crippen molar-refractivity contribution < 1.29 is 22.7 Å². The number of hydrogen-bond donors (Lipinski definition) is 0. The molecule has 72 valence electrons. The number of ether oxygens (including phenoxy) is 1. The van der Waals surface area contributed by atoms with Gasteiger partial charge in [-0.2, -0.15) is 13.2 Å². The molecule has 0 saturated heterocycles. The number of carbonyl (C=O) groups is 1. The van der Waals surface area contributed by atoms with Crippen molar-refractivity contribution in [1.29, 1.82) is 0 Å². The van der Waals surface area contributed by atoms with Crippen LogP contribution in [0.3, 0.4) is 0 Å². The van der Waals surface area contributed by atoms with Gasteiger partial charge in [-0.15, -0.1) is 11.6 Å². The first-order chi connectivity index (χ1) is 5.45. The normalized spacial score (nSPS) is 11.7. The molecule has 0 fully saturated rings. The Labute approximate surface area is 72.6 Å². The average molecular weight is 205 g/mol. The standard InChI is InChI=1S/C6H8ClF3O2/c7-3-5(11)1-2-12-4-6(8,9)10/h1-4H2. The molecule has 0 amide bonds. The van der Waals surface area contributed by atoms with Crippen LogP contribution in [0, 0.1) is 0 Å². The minimum absolute atomic E-state index is 0.0699. The zero-order valence-corrected chi connectivity index (χ0v) is 6.91. The number of alkyl halides is 4. The van der Waals surface area contributed by atoms with Gasteiger partial charge >= 0.3 is 6.18 Å². The first-order valence-electron chi connectivity index (χ1n) is 3.18. The third-order valence-electron chi connectivity index (χ3n) is 0.940. The highest BCUT2D eigenvalue weighted by molar-refractivity contribution is 6.27. The molecule has 0 aromatic rings. The van der Waals surface area contributed by atoms with E-state index >= 15 is 0 Å². The number of ketones is 1. The van der Waals surface area contributed by atoms with Crippen LogP contribution in [0.5, 0.6) is 0 Å². The molecule has 0 heterocycles. The van der Waals surface area contributed by atoms with Crippen molar-refractivity contribution in [3.8, 4) is 0 Å². The molecule has 0 unspecified atom stereocenters. The highest BCUT2D eigenvalue weighted by atomic mass is 35.5. The van der Waals surface area contributed by atoms with Gasteiger partial charge in [0.25, 0.3) is 0 Å². The zero-order valence-electron chi connectivity index (χ0n) is 6.16. The third kappa shape index (κ3) is 7.81. The maximum absolute atomic E-state index is 11.4. The van der Waals surface area contributed by atoms with E-state index in [2.05, 4.69) is 4.74 Å². The van der Waals surface area contributed by atoms with Gasteiger partial charge in [-0.05, 0) is 0 Å². The highest BCUT2D eigenvalue weighted by Gasteiger charge is 2.27. The lowest BCUT2D eigenvalue weighted by atomic mass is 10.3. The predicted molar refractivity (Wildman–Crippen MR) is 37.2 cm³/mol. The van der Waals surface area contributed by atoms with Crippen LogP contribution < -0.4 is 0 Å². The van der Waals surface area contributed by atoms with E-state index in [1.165, 1.54) is 0 Å². The number of rotatable bonds is 5. The summed E-state index contributed by atoms with van der Waals surface area (Å²) < 4.78 is 38.4. The van der Waals surface area contributed by atoms with Crippen LogP contribution in [-0.2, 0) is 9.53 Å². The molecule has 0 aliphatic rings. The van der Waals surface area contributed by atoms with Gasteiger partial charge in [-0.25, -0.2) is 0 Å². The van der Waals surface area contributed by atoms with Crippen molar-refractivity contribution in [2.24, 2.45) is 0 Å². The Morgan fingerprint density at radius 3 is 2.42 bits per heavy atom. The summed E-state index contributed by atoms with van der Waals surface area (Å²) in [7, 11) is 0. The maximum Gasteiger partial charge on any atom is 0.411 e. The molecule has 0 radical (unpaired) electrons. The van der Waals surface area contributed by atoms with Crippen molar-refractivity contribution in [3.05, 3.63) is 0 Å². The largest absolute Gasteiger partial charge is 0.411 e. The molecule has 0 aromatic carbocycles. The summed E-state index contributed by atoms with van der Waals surface area (Å²) in [6, 6.07) is 0. The third-order valence-corrected chi connectivity index (χ3v) is 1.24. The van der Waals surface area contributed by atoms with Gasteiger partial charge in [-0.1, -0.05) is 0 Å². The van der Waals surface area contributed by atoms with Gasteiger partial charge in [0.05, 0.1) is 12.5 Å². The fourth-order valence-electron chi connectivity index (χ4n) is 0.441. The Balaban J connectivity index is 3.28. The van der Waals surface area contributed by atoms with E-state index in [9.17, 15) is 18.0 Å². The topological polar surface area (TPSA) is 26.3 Å². The Hall–Kier alpha value is -0.290. The van der Waals surface area contributed by atoms with E-state index in [0.29, 0.717) is 0 Å². The molecule has 0 aliphatic heterocycles. The van der Waals surface area contributed by atoms with Gasteiger partial charge in [0.15, 0.2) is 0 Å². The monoisotopic (exact) mass is 204 g/mol. The molecule has 0 atom stereocenters. The molecule has 0 rings (SSSR count). The molecule has 0 N–H and O–H groups in total. The molecule has 0 saturated carbocycles. The summed E-state index contributed by atoms with van der Waals surface area (Å²) in [5, 5.41) is 0. The van der Waals surface area contributed by atoms with Gasteiger partial charge in [0.1, 0.15) is 12.4 Å². The molecule has 0 aliphatic carbocycles. The Morgan fingerprint density at radius 2 is 2.00 bits per heavy atom. The van der Waals surface area contributed by atoms with E-state index in [-0.39, 0.29) is 24.7 Å². The molecule has 0 aromatic heterocycles. The van der Waals surface area contributed by atoms with E-state index in [1.54, 1.807) is 0 Å². The first-order valence-corrected chi connectivity index (χ1v) is 3.71. The second-order valence-corrected chi connectivity index (χ2v) is 2.36. The summed E-state index contributed by atoms with van der Waals surface area (Å²) in [5.74, 6) is -0.506. The van der Waals surface area contributed by atoms with Crippen LogP contribution in [0.1, 0.15) is 6.42 Å². The number of Topliss-reactive ketones (excluding diaryl/α,β-unsaturated/α-hetero) is 1. The van der Waals surface area contributed by atoms with Gasteiger partial charge in [0.2, 0.25) is 0 Å². The smallest absolute Gasteiger partial charge is 0.372 e. The molecular weight excluding hydrogens is 197 g/mol. The summed E-state index contributed by atoms with van der Waals surface area (Å²) in [5.41, 5.74) is 0. The molecular formula is C6H8ClF3O2. The second kappa shape index (κ2) is 5.37. The van der Waals surface area contributed by atoms with Crippen LogP contribution >= 0.6 is 11.6 Å². The zero-order chi connectivity index (χ0) is 9.61. The van der Waals surface area contributed by atoms with E-state index in [1.807, 2.05) is 0 Å². The van der Waals surface area contributed by atoms with Crippen LogP contribution in [0.4, 0.5) is 13.2 Å². The Bertz CT molecular complexity index is 146. The van der Waals surface area contributed by atoms with Crippen LogP contribution in [-0.4, -0.2) is 31.1 Å². The van der Waals surface area contributed by atoms with E-state index < -0.39 is 12.8 Å². The fourth-order valence-corrected chi connectivity index (χ4v) is 0.574. The lowest BCUT2D eigenvalue weighted by Crippen LogP contribution is -2.18. The van der Waals surface area contributed by atoms with Crippen molar-refractivity contribution >= 4 is 17.4 Å². The summed E-state index contributed by atoms with van der Waals surface area (Å²) in [6.45, 7) is -1.55. The summed E-state index contributed by atoms with van der Waals surface area (Å²) in [4.78, 5) is 10.4.